The summed E-state index contributed by atoms with van der Waals surface area (Å²) < 4.78 is 113. The standard InChI is InChI=1S/C24H22F8/c1-3-5-9-13-17(25)21(29)15(22(30)18(13)26)11-7-8-12-16-23(31)19(27)14(10-6-4-2)20(28)24(16)32/h7-8,11-12H,3-6,9-10H2,1-2H3/b11-7+,12-8+. The van der Waals surface area contributed by atoms with Crippen molar-refractivity contribution >= 4 is 12.2 Å². The SMILES string of the molecule is CCCCc1c(F)c(F)c(/C=C/C=C/c2c(F)c(F)c(CCCC)c(F)c2F)c(F)c1F. The van der Waals surface area contributed by atoms with E-state index in [0.29, 0.717) is 37.8 Å². The molecule has 0 aliphatic rings. The van der Waals surface area contributed by atoms with Crippen LogP contribution in [0.1, 0.15) is 61.8 Å². The van der Waals surface area contributed by atoms with Crippen molar-refractivity contribution in [1.82, 2.24) is 0 Å². The normalized spacial score (nSPS) is 11.9. The van der Waals surface area contributed by atoms with Crippen molar-refractivity contribution in [3.8, 4) is 0 Å². The molecule has 0 radical (unpaired) electrons. The minimum atomic E-state index is -1.62. The Labute approximate surface area is 181 Å². The molecule has 0 atom stereocenters. The highest BCUT2D eigenvalue weighted by Crippen LogP contribution is 2.28. The minimum absolute atomic E-state index is 0.185. The van der Waals surface area contributed by atoms with Crippen LogP contribution in [-0.4, -0.2) is 0 Å². The van der Waals surface area contributed by atoms with Gasteiger partial charge in [0, 0.05) is 11.1 Å². The van der Waals surface area contributed by atoms with E-state index in [9.17, 15) is 35.1 Å². The summed E-state index contributed by atoms with van der Waals surface area (Å²) in [7, 11) is 0. The van der Waals surface area contributed by atoms with E-state index in [2.05, 4.69) is 0 Å². The van der Waals surface area contributed by atoms with Gasteiger partial charge in [-0.2, -0.15) is 0 Å². The van der Waals surface area contributed by atoms with Crippen LogP contribution in [0.2, 0.25) is 0 Å². The maximum absolute atomic E-state index is 14.2. The van der Waals surface area contributed by atoms with E-state index < -0.39 is 68.8 Å². The highest BCUT2D eigenvalue weighted by atomic mass is 19.2. The summed E-state index contributed by atoms with van der Waals surface area (Å²) in [6, 6.07) is 0. The molecule has 0 heterocycles. The molecule has 0 aliphatic heterocycles. The van der Waals surface area contributed by atoms with E-state index >= 15 is 0 Å². The van der Waals surface area contributed by atoms with Gasteiger partial charge in [-0.15, -0.1) is 0 Å². The molecule has 174 valence electrons. The molecular formula is C24H22F8. The number of hydrogen-bond acceptors (Lipinski definition) is 0. The van der Waals surface area contributed by atoms with Gasteiger partial charge in [0.25, 0.3) is 0 Å². The zero-order chi connectivity index (χ0) is 24.0. The third kappa shape index (κ3) is 5.22. The van der Waals surface area contributed by atoms with Gasteiger partial charge >= 0.3 is 0 Å². The van der Waals surface area contributed by atoms with Gasteiger partial charge in [-0.3, -0.25) is 0 Å². The van der Waals surface area contributed by atoms with Crippen molar-refractivity contribution in [1.29, 1.82) is 0 Å². The van der Waals surface area contributed by atoms with Crippen molar-refractivity contribution in [2.45, 2.75) is 52.4 Å². The Morgan fingerprint density at radius 3 is 1.00 bits per heavy atom. The van der Waals surface area contributed by atoms with Gasteiger partial charge < -0.3 is 0 Å². The molecule has 0 aromatic heterocycles. The number of unbranched alkanes of at least 4 members (excludes halogenated alkanes) is 2. The van der Waals surface area contributed by atoms with Gasteiger partial charge in [0.15, 0.2) is 46.5 Å². The molecule has 2 rings (SSSR count). The van der Waals surface area contributed by atoms with E-state index in [4.69, 9.17) is 0 Å². The lowest BCUT2D eigenvalue weighted by atomic mass is 10.0. The number of allylic oxidation sites excluding steroid dienone is 2. The first-order valence-electron chi connectivity index (χ1n) is 10.2. The van der Waals surface area contributed by atoms with E-state index in [0.717, 1.165) is 12.2 Å². The molecule has 0 saturated carbocycles. The Morgan fingerprint density at radius 1 is 0.469 bits per heavy atom. The molecule has 0 aliphatic carbocycles. The molecule has 32 heavy (non-hydrogen) atoms. The molecule has 0 amide bonds. The van der Waals surface area contributed by atoms with Crippen LogP contribution in [0.4, 0.5) is 35.1 Å². The second-order valence-corrected chi connectivity index (χ2v) is 7.22. The number of hydrogen-bond donors (Lipinski definition) is 0. The summed E-state index contributed by atoms with van der Waals surface area (Å²) in [5.74, 6) is -12.6. The lowest BCUT2D eigenvalue weighted by Gasteiger charge is -2.10. The zero-order valence-corrected chi connectivity index (χ0v) is 17.6. The maximum atomic E-state index is 14.2. The molecule has 0 spiro atoms. The average molecular weight is 462 g/mol. The van der Waals surface area contributed by atoms with Crippen molar-refractivity contribution in [3.05, 3.63) is 80.9 Å². The molecule has 0 nitrogen and oxygen atoms in total. The smallest absolute Gasteiger partial charge is 0.169 e. The Balaban J connectivity index is 2.37. The first-order chi connectivity index (χ1) is 15.2. The third-order valence-corrected chi connectivity index (χ3v) is 4.97. The van der Waals surface area contributed by atoms with Crippen molar-refractivity contribution < 1.29 is 35.1 Å². The molecule has 0 unspecified atom stereocenters. The summed E-state index contributed by atoms with van der Waals surface area (Å²) in [6.07, 6.45) is 4.37. The number of rotatable bonds is 9. The van der Waals surface area contributed by atoms with Crippen LogP contribution in [-0.2, 0) is 12.8 Å². The van der Waals surface area contributed by atoms with Gasteiger partial charge in [0.05, 0.1) is 11.1 Å². The quantitative estimate of drug-likeness (QED) is 0.200. The van der Waals surface area contributed by atoms with Crippen LogP contribution in [0.15, 0.2) is 12.2 Å². The van der Waals surface area contributed by atoms with Crippen molar-refractivity contribution in [3.63, 3.8) is 0 Å². The van der Waals surface area contributed by atoms with E-state index in [1.54, 1.807) is 13.8 Å². The fourth-order valence-corrected chi connectivity index (χ4v) is 3.13. The lowest BCUT2D eigenvalue weighted by Crippen LogP contribution is -2.06. The molecule has 0 bridgehead atoms. The zero-order valence-electron chi connectivity index (χ0n) is 17.6. The summed E-state index contributed by atoms with van der Waals surface area (Å²) in [5, 5.41) is 0. The fraction of sp³-hybridized carbons (Fsp3) is 0.333. The Kier molecular flexibility index (Phi) is 9.04. The van der Waals surface area contributed by atoms with Crippen LogP contribution < -0.4 is 0 Å². The van der Waals surface area contributed by atoms with Crippen LogP contribution in [0.25, 0.3) is 12.2 Å². The van der Waals surface area contributed by atoms with Crippen LogP contribution in [0.3, 0.4) is 0 Å². The average Bonchev–Trinajstić information content (AvgIpc) is 2.78. The Hall–Kier alpha value is -2.64. The van der Waals surface area contributed by atoms with Crippen LogP contribution in [0, 0.1) is 46.5 Å². The molecule has 0 fully saturated rings. The van der Waals surface area contributed by atoms with Gasteiger partial charge in [0.2, 0.25) is 0 Å². The van der Waals surface area contributed by atoms with Crippen LogP contribution in [0.5, 0.6) is 0 Å². The van der Waals surface area contributed by atoms with Gasteiger partial charge in [-0.25, -0.2) is 35.1 Å². The third-order valence-electron chi connectivity index (χ3n) is 4.97. The molecule has 0 N–H and O–H groups in total. The molecule has 2 aromatic rings. The lowest BCUT2D eigenvalue weighted by molar-refractivity contribution is 0.434. The second-order valence-electron chi connectivity index (χ2n) is 7.22. The fourth-order valence-electron chi connectivity index (χ4n) is 3.13. The Morgan fingerprint density at radius 2 is 0.750 bits per heavy atom. The predicted molar refractivity (Wildman–Crippen MR) is 108 cm³/mol. The maximum Gasteiger partial charge on any atom is 0.169 e. The largest absolute Gasteiger partial charge is 0.203 e. The monoisotopic (exact) mass is 462 g/mol. The van der Waals surface area contributed by atoms with Gasteiger partial charge in [-0.05, 0) is 37.8 Å². The van der Waals surface area contributed by atoms with E-state index in [-0.39, 0.29) is 12.8 Å². The van der Waals surface area contributed by atoms with Crippen LogP contribution >= 0.6 is 0 Å². The van der Waals surface area contributed by atoms with Gasteiger partial charge in [-0.1, -0.05) is 38.8 Å². The second kappa shape index (κ2) is 11.3. The van der Waals surface area contributed by atoms with Crippen molar-refractivity contribution in [2.75, 3.05) is 0 Å². The highest BCUT2D eigenvalue weighted by Gasteiger charge is 2.24. The molecule has 8 heteroatoms. The van der Waals surface area contributed by atoms with Gasteiger partial charge in [0.1, 0.15) is 0 Å². The first-order valence-corrected chi connectivity index (χ1v) is 10.2. The summed E-state index contributed by atoms with van der Waals surface area (Å²) in [5.41, 5.74) is -3.46. The predicted octanol–water partition coefficient (Wildman–Crippen LogP) is 8.21. The highest BCUT2D eigenvalue weighted by molar-refractivity contribution is 5.59. The van der Waals surface area contributed by atoms with E-state index in [1.807, 2.05) is 0 Å². The van der Waals surface area contributed by atoms with Crippen molar-refractivity contribution in [2.24, 2.45) is 0 Å². The first kappa shape index (κ1) is 25.6. The number of benzene rings is 2. The Bertz CT molecular complexity index is 896. The summed E-state index contributed by atoms with van der Waals surface area (Å²) in [6.45, 7) is 3.49. The summed E-state index contributed by atoms with van der Waals surface area (Å²) in [4.78, 5) is 0. The number of halogens is 8. The van der Waals surface area contributed by atoms with E-state index in [1.165, 1.54) is 0 Å². The molecule has 2 aromatic carbocycles. The molecular weight excluding hydrogens is 440 g/mol. The summed E-state index contributed by atoms with van der Waals surface area (Å²) >= 11 is 0. The molecule has 0 saturated heterocycles. The minimum Gasteiger partial charge on any atom is -0.203 e. The topological polar surface area (TPSA) is 0 Å².